The van der Waals surface area contributed by atoms with Gasteiger partial charge in [0.1, 0.15) is 16.3 Å². The summed E-state index contributed by atoms with van der Waals surface area (Å²) in [6, 6.07) is 4.27. The first-order valence-electron chi connectivity index (χ1n) is 10.5. The molecule has 0 saturated heterocycles. The van der Waals surface area contributed by atoms with E-state index in [0.29, 0.717) is 24.0 Å². The van der Waals surface area contributed by atoms with Crippen LogP contribution in [0.2, 0.25) is 0 Å². The van der Waals surface area contributed by atoms with Gasteiger partial charge in [0.2, 0.25) is 0 Å². The molecule has 3 N–H and O–H groups in total. The molecule has 0 spiro atoms. The Kier molecular flexibility index (Phi) is 5.60. The summed E-state index contributed by atoms with van der Waals surface area (Å²) in [7, 11) is 3.58. The fourth-order valence-corrected chi connectivity index (χ4v) is 6.77. The van der Waals surface area contributed by atoms with E-state index >= 15 is 0 Å². The van der Waals surface area contributed by atoms with Crippen LogP contribution in [0.3, 0.4) is 0 Å². The van der Waals surface area contributed by atoms with Crippen LogP contribution < -0.4 is 5.73 Å². The van der Waals surface area contributed by atoms with E-state index in [2.05, 4.69) is 22.2 Å². The molecule has 0 amide bonds. The number of nitrogen functional groups attached to an aromatic ring is 1. The number of nitrogens with two attached hydrogens (primary N) is 1. The summed E-state index contributed by atoms with van der Waals surface area (Å²) < 4.78 is 18.5. The summed E-state index contributed by atoms with van der Waals surface area (Å²) in [5.74, 6) is 1.15. The Morgan fingerprint density at radius 2 is 2.19 bits per heavy atom. The van der Waals surface area contributed by atoms with Crippen molar-refractivity contribution in [3.05, 3.63) is 30.1 Å². The third-order valence-corrected chi connectivity index (χ3v) is 8.95. The van der Waals surface area contributed by atoms with E-state index in [9.17, 15) is 4.55 Å². The lowest BCUT2D eigenvalue weighted by Crippen LogP contribution is -2.11. The van der Waals surface area contributed by atoms with Gasteiger partial charge in [0.25, 0.3) is 4.21 Å². The predicted molar refractivity (Wildman–Crippen MR) is 128 cm³/mol. The van der Waals surface area contributed by atoms with Gasteiger partial charge < -0.3 is 10.5 Å². The minimum absolute atomic E-state index is 0.498. The van der Waals surface area contributed by atoms with Gasteiger partial charge in [0.05, 0.1) is 12.3 Å². The molecular formula is C22H26N5O2S2+. The topological polar surface area (TPSA) is 99.1 Å². The molecule has 1 fully saturated rings. The molecule has 1 aliphatic carbocycles. The summed E-state index contributed by atoms with van der Waals surface area (Å²) in [5.41, 5.74) is 11.1. The van der Waals surface area contributed by atoms with E-state index in [4.69, 9.17) is 15.5 Å². The second-order valence-corrected chi connectivity index (χ2v) is 10.9. The van der Waals surface area contributed by atoms with Crippen LogP contribution in [-0.2, 0) is 23.0 Å². The zero-order chi connectivity index (χ0) is 21.5. The molecular weight excluding hydrogens is 430 g/mol. The van der Waals surface area contributed by atoms with Crippen molar-refractivity contribution in [3.8, 4) is 11.3 Å². The van der Waals surface area contributed by atoms with E-state index < -0.39 is 11.2 Å². The molecule has 0 aromatic carbocycles. The van der Waals surface area contributed by atoms with Gasteiger partial charge in [0.15, 0.2) is 16.8 Å². The molecule has 1 atom stereocenters. The lowest BCUT2D eigenvalue weighted by molar-refractivity contribution is 0.199. The maximum absolute atomic E-state index is 10.8. The van der Waals surface area contributed by atoms with Gasteiger partial charge in [-0.15, -0.1) is 0 Å². The fraction of sp³-hybridized carbons (Fsp3) is 0.409. The largest absolute Gasteiger partial charge is 0.393 e. The molecule has 1 aliphatic rings. The highest BCUT2D eigenvalue weighted by molar-refractivity contribution is 7.93. The normalized spacial score (nSPS) is 15.6. The predicted octanol–water partition coefficient (Wildman–Crippen LogP) is 4.58. The molecule has 4 aromatic rings. The van der Waals surface area contributed by atoms with Crippen molar-refractivity contribution in [3.63, 3.8) is 0 Å². The first kappa shape index (κ1) is 20.7. The third-order valence-electron chi connectivity index (χ3n) is 5.91. The van der Waals surface area contributed by atoms with E-state index in [1.165, 1.54) is 36.2 Å². The van der Waals surface area contributed by atoms with E-state index in [1.54, 1.807) is 11.8 Å². The number of pyridine rings is 2. The van der Waals surface area contributed by atoms with Crippen LogP contribution >= 0.6 is 11.3 Å². The fourth-order valence-electron chi connectivity index (χ4n) is 4.10. The average molecular weight is 457 g/mol. The number of anilines is 1. The highest BCUT2D eigenvalue weighted by atomic mass is 32.2. The van der Waals surface area contributed by atoms with Gasteiger partial charge >= 0.3 is 0 Å². The Labute approximate surface area is 187 Å². The van der Waals surface area contributed by atoms with Gasteiger partial charge in [-0.1, -0.05) is 17.8 Å². The standard InChI is InChI=1S/C22H26N5O2S2/c1-27-12-15-9-14(11-24-20(15)26-27)17-10-16(13-5-3-6-13)18-19(23)22(30-21(18)25-17)31(28)8-4-7-29-2/h9-13,28H,3-8,23H2,1-2H3/q+1. The smallest absolute Gasteiger partial charge is 0.269 e. The van der Waals surface area contributed by atoms with Crippen molar-refractivity contribution < 1.29 is 9.29 Å². The Morgan fingerprint density at radius 1 is 1.35 bits per heavy atom. The van der Waals surface area contributed by atoms with Crippen molar-refractivity contribution in [2.75, 3.05) is 25.2 Å². The summed E-state index contributed by atoms with van der Waals surface area (Å²) in [6.07, 6.45) is 8.19. The third kappa shape index (κ3) is 3.80. The van der Waals surface area contributed by atoms with E-state index in [-0.39, 0.29) is 0 Å². The Balaban J connectivity index is 1.61. The number of thiophene rings is 1. The number of ether oxygens (including phenoxy) is 1. The van der Waals surface area contributed by atoms with Crippen molar-refractivity contribution >= 4 is 49.5 Å². The lowest BCUT2D eigenvalue weighted by atomic mass is 9.79. The van der Waals surface area contributed by atoms with Crippen LogP contribution in [0.1, 0.15) is 37.2 Å². The van der Waals surface area contributed by atoms with Crippen molar-refractivity contribution in [1.29, 1.82) is 0 Å². The number of rotatable bonds is 7. The zero-order valence-electron chi connectivity index (χ0n) is 17.7. The number of aromatic nitrogens is 4. The molecule has 1 unspecified atom stereocenters. The van der Waals surface area contributed by atoms with Crippen LogP contribution in [0, 0.1) is 0 Å². The van der Waals surface area contributed by atoms with Gasteiger partial charge in [-0.25, -0.2) is 9.97 Å². The summed E-state index contributed by atoms with van der Waals surface area (Å²) >= 11 is 0.620. The van der Waals surface area contributed by atoms with Crippen LogP contribution in [0.25, 0.3) is 32.5 Å². The molecule has 9 heteroatoms. The second kappa shape index (κ2) is 8.38. The highest BCUT2D eigenvalue weighted by Gasteiger charge is 2.32. The molecule has 4 heterocycles. The monoisotopic (exact) mass is 456 g/mol. The number of hydrogen-bond acceptors (Lipinski definition) is 7. The number of nitrogens with zero attached hydrogens (tertiary/aromatic N) is 4. The van der Waals surface area contributed by atoms with Gasteiger partial charge in [0, 0.05) is 49.3 Å². The van der Waals surface area contributed by atoms with Crippen LogP contribution in [0.4, 0.5) is 5.69 Å². The van der Waals surface area contributed by atoms with Gasteiger partial charge in [-0.3, -0.25) is 4.68 Å². The maximum Gasteiger partial charge on any atom is 0.269 e. The van der Waals surface area contributed by atoms with Gasteiger partial charge in [-0.2, -0.15) is 9.65 Å². The van der Waals surface area contributed by atoms with Gasteiger partial charge in [-0.05, 0) is 36.5 Å². The molecule has 1 saturated carbocycles. The zero-order valence-corrected chi connectivity index (χ0v) is 19.3. The van der Waals surface area contributed by atoms with Crippen LogP contribution in [0.5, 0.6) is 0 Å². The molecule has 0 bridgehead atoms. The molecule has 5 rings (SSSR count). The summed E-state index contributed by atoms with van der Waals surface area (Å²) in [5, 5.41) is 6.39. The minimum Gasteiger partial charge on any atom is -0.393 e. The molecule has 0 aliphatic heterocycles. The number of methoxy groups -OCH3 is 1. The first-order chi connectivity index (χ1) is 15.0. The SMILES string of the molecule is COCCC[S+](O)c1sc2nc(-c3cnc4nn(C)cc4c3)cc(C3CCC3)c2c1N. The molecule has 4 aromatic heterocycles. The first-order valence-corrected chi connectivity index (χ1v) is 12.6. The maximum atomic E-state index is 10.8. The quantitative estimate of drug-likeness (QED) is 0.312. The van der Waals surface area contributed by atoms with Crippen molar-refractivity contribution in [2.24, 2.45) is 7.05 Å². The minimum atomic E-state index is -0.901. The number of fused-ring (bicyclic) bond motifs is 2. The molecule has 31 heavy (non-hydrogen) atoms. The molecule has 162 valence electrons. The Bertz CT molecular complexity index is 1250. The highest BCUT2D eigenvalue weighted by Crippen LogP contribution is 2.46. The van der Waals surface area contributed by atoms with Crippen LogP contribution in [0.15, 0.2) is 28.7 Å². The van der Waals surface area contributed by atoms with E-state index in [0.717, 1.165) is 43.1 Å². The van der Waals surface area contributed by atoms with Crippen molar-refractivity contribution in [1.82, 2.24) is 19.7 Å². The lowest BCUT2D eigenvalue weighted by Gasteiger charge is -2.27. The summed E-state index contributed by atoms with van der Waals surface area (Å²) in [4.78, 5) is 10.4. The Morgan fingerprint density at radius 3 is 2.94 bits per heavy atom. The molecule has 7 nitrogen and oxygen atoms in total. The summed E-state index contributed by atoms with van der Waals surface area (Å²) in [6.45, 7) is 0.633. The second-order valence-electron chi connectivity index (χ2n) is 8.06. The number of aryl methyl sites for hydroxylation is 1. The number of hydrogen-bond donors (Lipinski definition) is 2. The Hall–Kier alpha value is -2.20. The van der Waals surface area contributed by atoms with Crippen molar-refractivity contribution in [2.45, 2.75) is 35.8 Å². The van der Waals surface area contributed by atoms with E-state index in [1.807, 2.05) is 19.4 Å². The average Bonchev–Trinajstić information content (AvgIpc) is 3.25. The molecule has 0 radical (unpaired) electrons. The van der Waals surface area contributed by atoms with Crippen LogP contribution in [-0.4, -0.2) is 43.8 Å².